The molecular formula is C14H23F3N2O2. The highest BCUT2D eigenvalue weighted by molar-refractivity contribution is 5.97. The van der Waals surface area contributed by atoms with Crippen LogP contribution in [0.1, 0.15) is 41.0 Å². The Hall–Kier alpha value is -1.27. The number of amides is 2. The minimum absolute atomic E-state index is 0.171. The molecular weight excluding hydrogens is 285 g/mol. The molecule has 1 heterocycles. The van der Waals surface area contributed by atoms with Gasteiger partial charge in [-0.15, -0.1) is 0 Å². The summed E-state index contributed by atoms with van der Waals surface area (Å²) in [7, 11) is 0. The summed E-state index contributed by atoms with van der Waals surface area (Å²) in [6.45, 7) is 8.23. The number of piperazine rings is 1. The Balaban J connectivity index is 3.06. The molecule has 2 atom stereocenters. The second kappa shape index (κ2) is 5.85. The summed E-state index contributed by atoms with van der Waals surface area (Å²) >= 11 is 0. The van der Waals surface area contributed by atoms with E-state index in [2.05, 4.69) is 5.32 Å². The van der Waals surface area contributed by atoms with Crippen molar-refractivity contribution in [3.63, 3.8) is 0 Å². The fourth-order valence-electron chi connectivity index (χ4n) is 2.54. The van der Waals surface area contributed by atoms with Crippen molar-refractivity contribution in [1.82, 2.24) is 10.2 Å². The van der Waals surface area contributed by atoms with Crippen molar-refractivity contribution >= 4 is 11.8 Å². The van der Waals surface area contributed by atoms with Crippen LogP contribution in [0.2, 0.25) is 0 Å². The van der Waals surface area contributed by atoms with Gasteiger partial charge in [-0.2, -0.15) is 13.2 Å². The lowest BCUT2D eigenvalue weighted by Crippen LogP contribution is -2.68. The zero-order valence-electron chi connectivity index (χ0n) is 13.0. The third kappa shape index (κ3) is 4.35. The topological polar surface area (TPSA) is 49.4 Å². The molecule has 1 aliphatic rings. The van der Waals surface area contributed by atoms with Gasteiger partial charge >= 0.3 is 6.18 Å². The van der Waals surface area contributed by atoms with E-state index in [1.165, 1.54) is 0 Å². The predicted octanol–water partition coefficient (Wildman–Crippen LogP) is 2.34. The number of hydrogen-bond donors (Lipinski definition) is 1. The Labute approximate surface area is 123 Å². The van der Waals surface area contributed by atoms with Crippen LogP contribution in [-0.4, -0.2) is 41.5 Å². The number of carbonyl (C=O) groups excluding carboxylic acids is 2. The lowest BCUT2D eigenvalue weighted by molar-refractivity contribution is -0.163. The van der Waals surface area contributed by atoms with Crippen LogP contribution in [0.4, 0.5) is 13.2 Å². The molecule has 0 radical (unpaired) electrons. The summed E-state index contributed by atoms with van der Waals surface area (Å²) in [5, 5.41) is 2.64. The van der Waals surface area contributed by atoms with E-state index in [0.29, 0.717) is 0 Å². The van der Waals surface area contributed by atoms with E-state index in [-0.39, 0.29) is 11.8 Å². The highest BCUT2D eigenvalue weighted by atomic mass is 19.4. The quantitative estimate of drug-likeness (QED) is 0.870. The molecule has 2 unspecified atom stereocenters. The molecule has 0 saturated carbocycles. The van der Waals surface area contributed by atoms with Gasteiger partial charge in [0.2, 0.25) is 11.8 Å². The largest absolute Gasteiger partial charge is 0.390 e. The average molecular weight is 308 g/mol. The van der Waals surface area contributed by atoms with E-state index >= 15 is 0 Å². The number of alkyl halides is 3. The van der Waals surface area contributed by atoms with Crippen molar-refractivity contribution in [2.75, 3.05) is 6.54 Å². The third-order valence-electron chi connectivity index (χ3n) is 3.53. The van der Waals surface area contributed by atoms with Gasteiger partial charge in [-0.3, -0.25) is 9.59 Å². The van der Waals surface area contributed by atoms with E-state index < -0.39 is 42.5 Å². The molecule has 1 aliphatic heterocycles. The molecule has 0 aromatic heterocycles. The van der Waals surface area contributed by atoms with Gasteiger partial charge in [0.25, 0.3) is 0 Å². The Kier molecular flexibility index (Phi) is 4.95. The molecule has 0 aliphatic carbocycles. The third-order valence-corrected chi connectivity index (χ3v) is 3.53. The summed E-state index contributed by atoms with van der Waals surface area (Å²) in [5.41, 5.74) is -0.632. The van der Waals surface area contributed by atoms with Crippen LogP contribution in [0.5, 0.6) is 0 Å². The number of rotatable bonds is 3. The van der Waals surface area contributed by atoms with Crippen molar-refractivity contribution in [2.24, 2.45) is 11.3 Å². The van der Waals surface area contributed by atoms with Crippen LogP contribution >= 0.6 is 0 Å². The number of carbonyl (C=O) groups is 2. The zero-order valence-corrected chi connectivity index (χ0v) is 13.0. The molecule has 0 aromatic carbocycles. The maximum Gasteiger partial charge on any atom is 0.390 e. The van der Waals surface area contributed by atoms with Gasteiger partial charge in [-0.1, -0.05) is 34.6 Å². The highest BCUT2D eigenvalue weighted by Crippen LogP contribution is 2.30. The first-order valence-electron chi connectivity index (χ1n) is 7.02. The van der Waals surface area contributed by atoms with E-state index in [9.17, 15) is 22.8 Å². The van der Waals surface area contributed by atoms with Gasteiger partial charge in [0, 0.05) is 6.54 Å². The Morgan fingerprint density at radius 2 is 1.71 bits per heavy atom. The number of nitrogens with one attached hydrogen (secondary N) is 1. The Bertz CT molecular complexity index is 413. The van der Waals surface area contributed by atoms with Gasteiger partial charge < -0.3 is 10.2 Å². The minimum atomic E-state index is -4.36. The Morgan fingerprint density at radius 3 is 2.10 bits per heavy atom. The molecule has 1 rings (SSSR count). The smallest absolute Gasteiger partial charge is 0.342 e. The summed E-state index contributed by atoms with van der Waals surface area (Å²) in [6, 6.07) is -1.65. The van der Waals surface area contributed by atoms with E-state index in [4.69, 9.17) is 0 Å². The fraction of sp³-hybridized carbons (Fsp3) is 0.857. The van der Waals surface area contributed by atoms with E-state index in [1.807, 2.05) is 0 Å². The van der Waals surface area contributed by atoms with Crippen molar-refractivity contribution in [2.45, 2.75) is 59.3 Å². The summed E-state index contributed by atoms with van der Waals surface area (Å²) < 4.78 is 37.4. The van der Waals surface area contributed by atoms with Crippen molar-refractivity contribution in [1.29, 1.82) is 0 Å². The van der Waals surface area contributed by atoms with E-state index in [1.54, 1.807) is 34.6 Å². The van der Waals surface area contributed by atoms with Crippen molar-refractivity contribution in [3.05, 3.63) is 0 Å². The fourth-order valence-corrected chi connectivity index (χ4v) is 2.54. The minimum Gasteiger partial charge on any atom is -0.342 e. The average Bonchev–Trinajstić information content (AvgIpc) is 2.26. The molecule has 7 heteroatoms. The lowest BCUT2D eigenvalue weighted by atomic mass is 9.82. The number of hydrogen-bond acceptors (Lipinski definition) is 2. The molecule has 21 heavy (non-hydrogen) atoms. The van der Waals surface area contributed by atoms with E-state index in [0.717, 1.165) is 4.90 Å². The first-order chi connectivity index (χ1) is 9.34. The van der Waals surface area contributed by atoms with Gasteiger partial charge in [0.1, 0.15) is 12.1 Å². The van der Waals surface area contributed by atoms with Crippen LogP contribution in [0.25, 0.3) is 0 Å². The molecule has 0 spiro atoms. The maximum atomic E-state index is 12.5. The number of halogens is 3. The number of nitrogens with zero attached hydrogens (tertiary/aromatic N) is 1. The van der Waals surface area contributed by atoms with Crippen molar-refractivity contribution < 1.29 is 22.8 Å². The van der Waals surface area contributed by atoms with Gasteiger partial charge in [0.05, 0.1) is 6.42 Å². The van der Waals surface area contributed by atoms with Crippen LogP contribution in [-0.2, 0) is 9.59 Å². The first kappa shape index (κ1) is 17.8. The second-order valence-corrected chi connectivity index (χ2v) is 6.90. The molecule has 1 saturated heterocycles. The van der Waals surface area contributed by atoms with Gasteiger partial charge in [0.15, 0.2) is 0 Å². The molecule has 1 fully saturated rings. The predicted molar refractivity (Wildman–Crippen MR) is 72.4 cm³/mol. The lowest BCUT2D eigenvalue weighted by Gasteiger charge is -2.45. The zero-order chi connectivity index (χ0) is 16.6. The summed E-state index contributed by atoms with van der Waals surface area (Å²) in [4.78, 5) is 25.8. The standard InChI is InChI=1S/C14H23F3N2O2/c1-8(2)9-12(21)19(7-6-14(15,16)17)10(11(20)18-9)13(3,4)5/h8-10H,6-7H2,1-5H3,(H,18,20). The highest BCUT2D eigenvalue weighted by Gasteiger charge is 2.47. The molecule has 2 amide bonds. The van der Waals surface area contributed by atoms with Crippen LogP contribution < -0.4 is 5.32 Å². The van der Waals surface area contributed by atoms with Gasteiger partial charge in [-0.05, 0) is 11.3 Å². The Morgan fingerprint density at radius 1 is 1.19 bits per heavy atom. The molecule has 4 nitrogen and oxygen atoms in total. The first-order valence-corrected chi connectivity index (χ1v) is 7.02. The van der Waals surface area contributed by atoms with Gasteiger partial charge in [-0.25, -0.2) is 0 Å². The molecule has 1 N–H and O–H groups in total. The molecule has 0 bridgehead atoms. The monoisotopic (exact) mass is 308 g/mol. The SMILES string of the molecule is CC(C)C1NC(=O)C(C(C)(C)C)N(CCC(F)(F)F)C1=O. The molecule has 0 aromatic rings. The molecule has 122 valence electrons. The maximum absolute atomic E-state index is 12.5. The van der Waals surface area contributed by atoms with Crippen LogP contribution in [0.3, 0.4) is 0 Å². The van der Waals surface area contributed by atoms with Crippen LogP contribution in [0, 0.1) is 11.3 Å². The van der Waals surface area contributed by atoms with Crippen LogP contribution in [0.15, 0.2) is 0 Å². The summed E-state index contributed by atoms with van der Waals surface area (Å²) in [5.74, 6) is -0.993. The van der Waals surface area contributed by atoms with Crippen molar-refractivity contribution in [3.8, 4) is 0 Å². The second-order valence-electron chi connectivity index (χ2n) is 6.90. The summed E-state index contributed by atoms with van der Waals surface area (Å²) in [6.07, 6.45) is -5.46. The normalized spacial score (nSPS) is 24.5.